The van der Waals surface area contributed by atoms with E-state index in [0.29, 0.717) is 5.56 Å². The summed E-state index contributed by atoms with van der Waals surface area (Å²) in [5, 5.41) is 11.8. The number of carbonyl (C=O) groups excluding carboxylic acids is 1. The summed E-state index contributed by atoms with van der Waals surface area (Å²) in [5.41, 5.74) is 2.25. The molecule has 0 aromatic heterocycles. The molecule has 0 radical (unpaired) electrons. The van der Waals surface area contributed by atoms with Crippen LogP contribution in [0.5, 0.6) is 0 Å². The van der Waals surface area contributed by atoms with Gasteiger partial charge in [0.25, 0.3) is 0 Å². The Kier molecular flexibility index (Phi) is 6.51. The van der Waals surface area contributed by atoms with E-state index in [4.69, 9.17) is 4.74 Å². The van der Waals surface area contributed by atoms with Gasteiger partial charge in [-0.25, -0.2) is 9.18 Å². The van der Waals surface area contributed by atoms with Crippen molar-refractivity contribution in [1.82, 2.24) is 5.32 Å². The fourth-order valence-electron chi connectivity index (χ4n) is 2.38. The third-order valence-electron chi connectivity index (χ3n) is 3.83. The zero-order chi connectivity index (χ0) is 18.2. The number of hydrogen-bond donors (Lipinski definition) is 2. The first kappa shape index (κ1) is 18.4. The summed E-state index contributed by atoms with van der Waals surface area (Å²) in [5.74, 6) is -2.23. The van der Waals surface area contributed by atoms with Crippen LogP contribution in [-0.2, 0) is 22.6 Å². The molecule has 0 bridgehead atoms. The molecule has 2 N–H and O–H groups in total. The number of rotatable bonds is 7. The highest BCUT2D eigenvalue weighted by Crippen LogP contribution is 2.15. The van der Waals surface area contributed by atoms with E-state index in [1.54, 1.807) is 13.0 Å². The SMILES string of the molecule is Cc1cc(F)ccc1CC(CNC(=O)OCc1ccccc1)C(=O)O. The molecule has 0 saturated heterocycles. The maximum absolute atomic E-state index is 13.1. The van der Waals surface area contributed by atoms with Gasteiger partial charge in [-0.1, -0.05) is 36.4 Å². The largest absolute Gasteiger partial charge is 0.481 e. The quantitative estimate of drug-likeness (QED) is 0.807. The molecule has 0 aliphatic carbocycles. The molecule has 5 nitrogen and oxygen atoms in total. The van der Waals surface area contributed by atoms with Gasteiger partial charge in [-0.05, 0) is 42.2 Å². The predicted molar refractivity (Wildman–Crippen MR) is 90.6 cm³/mol. The number of halogens is 1. The molecular weight excluding hydrogens is 325 g/mol. The highest BCUT2D eigenvalue weighted by atomic mass is 19.1. The van der Waals surface area contributed by atoms with Crippen molar-refractivity contribution in [3.8, 4) is 0 Å². The smallest absolute Gasteiger partial charge is 0.407 e. The van der Waals surface area contributed by atoms with Crippen molar-refractivity contribution in [1.29, 1.82) is 0 Å². The lowest BCUT2D eigenvalue weighted by Gasteiger charge is -2.15. The van der Waals surface area contributed by atoms with E-state index >= 15 is 0 Å². The van der Waals surface area contributed by atoms with E-state index in [1.807, 2.05) is 30.3 Å². The first-order valence-electron chi connectivity index (χ1n) is 7.88. The van der Waals surface area contributed by atoms with Crippen LogP contribution in [0.1, 0.15) is 16.7 Å². The Hall–Kier alpha value is -2.89. The van der Waals surface area contributed by atoms with Crippen LogP contribution >= 0.6 is 0 Å². The van der Waals surface area contributed by atoms with Gasteiger partial charge in [0.1, 0.15) is 12.4 Å². The summed E-state index contributed by atoms with van der Waals surface area (Å²) in [6.45, 7) is 1.76. The van der Waals surface area contributed by atoms with Gasteiger partial charge < -0.3 is 15.2 Å². The zero-order valence-electron chi connectivity index (χ0n) is 13.9. The number of carboxylic acids is 1. The van der Waals surface area contributed by atoms with Crippen molar-refractivity contribution in [2.24, 2.45) is 5.92 Å². The molecule has 25 heavy (non-hydrogen) atoms. The monoisotopic (exact) mass is 345 g/mol. The highest BCUT2D eigenvalue weighted by molar-refractivity contribution is 5.73. The topological polar surface area (TPSA) is 75.6 Å². The van der Waals surface area contributed by atoms with Gasteiger partial charge in [0, 0.05) is 6.54 Å². The zero-order valence-corrected chi connectivity index (χ0v) is 13.9. The van der Waals surface area contributed by atoms with Gasteiger partial charge in [0.05, 0.1) is 5.92 Å². The summed E-state index contributed by atoms with van der Waals surface area (Å²) in [4.78, 5) is 23.1. The molecule has 2 rings (SSSR count). The minimum absolute atomic E-state index is 0.0697. The van der Waals surface area contributed by atoms with E-state index in [2.05, 4.69) is 5.32 Å². The maximum Gasteiger partial charge on any atom is 0.407 e. The highest BCUT2D eigenvalue weighted by Gasteiger charge is 2.20. The molecule has 0 aliphatic rings. The van der Waals surface area contributed by atoms with E-state index < -0.39 is 18.0 Å². The Labute approximate surface area is 145 Å². The summed E-state index contributed by atoms with van der Waals surface area (Å²) in [6, 6.07) is 13.4. The van der Waals surface area contributed by atoms with Crippen LogP contribution in [0.25, 0.3) is 0 Å². The summed E-state index contributed by atoms with van der Waals surface area (Å²) >= 11 is 0. The molecule has 0 aliphatic heterocycles. The van der Waals surface area contributed by atoms with E-state index in [9.17, 15) is 19.1 Å². The molecule has 0 spiro atoms. The van der Waals surface area contributed by atoms with Gasteiger partial charge in [0.15, 0.2) is 0 Å². The lowest BCUT2D eigenvalue weighted by Crippen LogP contribution is -2.34. The number of hydrogen-bond acceptors (Lipinski definition) is 3. The molecule has 6 heteroatoms. The Balaban J connectivity index is 1.86. The lowest BCUT2D eigenvalue weighted by molar-refractivity contribution is -0.141. The minimum Gasteiger partial charge on any atom is -0.481 e. The first-order chi connectivity index (χ1) is 12.0. The standard InChI is InChI=1S/C19H20FNO4/c1-13-9-17(20)8-7-15(13)10-16(18(22)23)11-21-19(24)25-12-14-5-3-2-4-6-14/h2-9,16H,10-12H2,1H3,(H,21,24)(H,22,23). The van der Waals surface area contributed by atoms with Crippen molar-refractivity contribution < 1.29 is 23.8 Å². The van der Waals surface area contributed by atoms with E-state index in [0.717, 1.165) is 11.1 Å². The van der Waals surface area contributed by atoms with Crippen molar-refractivity contribution in [2.75, 3.05) is 6.54 Å². The summed E-state index contributed by atoms with van der Waals surface area (Å²) in [7, 11) is 0. The third kappa shape index (κ3) is 5.91. The second-order valence-electron chi connectivity index (χ2n) is 5.75. The number of ether oxygens (including phenoxy) is 1. The number of amides is 1. The van der Waals surface area contributed by atoms with E-state index in [-0.39, 0.29) is 25.4 Å². The molecule has 2 aromatic carbocycles. The molecule has 1 amide bonds. The number of alkyl carbamates (subject to hydrolysis) is 1. The van der Waals surface area contributed by atoms with Crippen LogP contribution in [0.15, 0.2) is 48.5 Å². The average molecular weight is 345 g/mol. The molecule has 2 aromatic rings. The second-order valence-corrected chi connectivity index (χ2v) is 5.75. The fraction of sp³-hybridized carbons (Fsp3) is 0.263. The third-order valence-corrected chi connectivity index (χ3v) is 3.83. The number of aliphatic carboxylic acids is 1. The van der Waals surface area contributed by atoms with Crippen molar-refractivity contribution in [3.63, 3.8) is 0 Å². The van der Waals surface area contributed by atoms with Crippen LogP contribution in [0.4, 0.5) is 9.18 Å². The van der Waals surface area contributed by atoms with Crippen LogP contribution in [0.3, 0.4) is 0 Å². The fourth-order valence-corrected chi connectivity index (χ4v) is 2.38. The van der Waals surface area contributed by atoms with Crippen LogP contribution in [0, 0.1) is 18.7 Å². The summed E-state index contributed by atoms with van der Waals surface area (Å²) < 4.78 is 18.2. The van der Waals surface area contributed by atoms with E-state index in [1.165, 1.54) is 12.1 Å². The minimum atomic E-state index is -1.04. The molecule has 0 fully saturated rings. The van der Waals surface area contributed by atoms with Crippen molar-refractivity contribution in [3.05, 3.63) is 71.0 Å². The Bertz CT molecular complexity index is 733. The second kappa shape index (κ2) is 8.82. The van der Waals surface area contributed by atoms with Gasteiger partial charge in [-0.15, -0.1) is 0 Å². The number of aryl methyl sites for hydroxylation is 1. The van der Waals surface area contributed by atoms with Gasteiger partial charge in [-0.3, -0.25) is 4.79 Å². The van der Waals surface area contributed by atoms with Crippen LogP contribution in [-0.4, -0.2) is 23.7 Å². The summed E-state index contributed by atoms with van der Waals surface area (Å²) in [6.07, 6.45) is -0.480. The normalized spacial score (nSPS) is 11.6. The average Bonchev–Trinajstić information content (AvgIpc) is 2.59. The molecule has 0 saturated carbocycles. The Morgan fingerprint density at radius 2 is 1.92 bits per heavy atom. The molecule has 1 unspecified atom stereocenters. The van der Waals surface area contributed by atoms with Gasteiger partial charge >= 0.3 is 12.1 Å². The Morgan fingerprint density at radius 3 is 2.56 bits per heavy atom. The predicted octanol–water partition coefficient (Wildman–Crippen LogP) is 3.30. The molecular formula is C19H20FNO4. The van der Waals surface area contributed by atoms with Gasteiger partial charge in [0.2, 0.25) is 0 Å². The van der Waals surface area contributed by atoms with Crippen molar-refractivity contribution >= 4 is 12.1 Å². The molecule has 132 valence electrons. The number of benzene rings is 2. The Morgan fingerprint density at radius 1 is 1.20 bits per heavy atom. The molecule has 1 atom stereocenters. The first-order valence-corrected chi connectivity index (χ1v) is 7.88. The molecule has 0 heterocycles. The van der Waals surface area contributed by atoms with Crippen molar-refractivity contribution in [2.45, 2.75) is 20.0 Å². The number of carbonyl (C=O) groups is 2. The maximum atomic E-state index is 13.1. The van der Waals surface area contributed by atoms with Gasteiger partial charge in [-0.2, -0.15) is 0 Å². The number of nitrogens with one attached hydrogen (secondary N) is 1. The van der Waals surface area contributed by atoms with Crippen LogP contribution in [0.2, 0.25) is 0 Å². The lowest BCUT2D eigenvalue weighted by atomic mass is 9.96. The number of carboxylic acid groups (broad SMARTS) is 1. The van der Waals surface area contributed by atoms with Crippen LogP contribution < -0.4 is 5.32 Å².